The zero-order chi connectivity index (χ0) is 20.7. The van der Waals surface area contributed by atoms with Crippen molar-refractivity contribution in [1.82, 2.24) is 15.2 Å². The van der Waals surface area contributed by atoms with E-state index in [2.05, 4.69) is 10.3 Å². The minimum Gasteiger partial charge on any atom is -0.450 e. The van der Waals surface area contributed by atoms with Crippen LogP contribution in [0.4, 0.5) is 4.79 Å². The maximum Gasteiger partial charge on any atom is 0.414 e. The Labute approximate surface area is 168 Å². The Morgan fingerprint density at radius 3 is 2.61 bits per heavy atom. The molecule has 2 rings (SSSR count). The van der Waals surface area contributed by atoms with Crippen LogP contribution >= 0.6 is 11.3 Å². The van der Waals surface area contributed by atoms with E-state index < -0.39 is 12.0 Å². The topological polar surface area (TPSA) is 93.0 Å². The number of hydrogen-bond donors (Lipinski definition) is 2. The van der Waals surface area contributed by atoms with E-state index in [0.717, 1.165) is 20.1 Å². The van der Waals surface area contributed by atoms with Gasteiger partial charge < -0.3 is 14.5 Å². The van der Waals surface area contributed by atoms with Crippen LogP contribution in [0.5, 0.6) is 0 Å². The highest BCUT2D eigenvalue weighted by Gasteiger charge is 2.25. The molecule has 1 unspecified atom stereocenters. The Hall–Kier alpha value is -2.52. The standard InChI is InChI=1S/C19H26N4O4S/c1-5-23(11-16(24)21-19(26)27-6-2)12-17(25)22(4)13(3)18-20-14-9-7-8-10-15(14)28-18/h7-10,13H,5-6,11-12H2,1-4H3,(H,21,24,26)/p+1/t13-/m1/s1. The SMILES string of the molecule is CCOC(=O)NC(=O)C[NH+](CC)CC(=O)N(C)[C@H](C)c1nc2ccccc2s1. The third kappa shape index (κ3) is 5.74. The molecule has 28 heavy (non-hydrogen) atoms. The number of likely N-dealkylation sites (N-methyl/N-ethyl adjacent to an activating group) is 2. The van der Waals surface area contributed by atoms with Crippen LogP contribution in [-0.2, 0) is 14.3 Å². The molecule has 1 aromatic carbocycles. The number of hydrogen-bond acceptors (Lipinski definition) is 6. The molecule has 8 nitrogen and oxygen atoms in total. The average molecular weight is 408 g/mol. The van der Waals surface area contributed by atoms with Crippen LogP contribution in [-0.4, -0.2) is 61.1 Å². The van der Waals surface area contributed by atoms with Gasteiger partial charge in [-0.3, -0.25) is 14.9 Å². The second kappa shape index (κ2) is 10.1. The molecule has 0 saturated carbocycles. The van der Waals surface area contributed by atoms with E-state index in [4.69, 9.17) is 4.74 Å². The zero-order valence-electron chi connectivity index (χ0n) is 16.7. The summed E-state index contributed by atoms with van der Waals surface area (Å²) >= 11 is 1.57. The lowest BCUT2D eigenvalue weighted by atomic mass is 10.3. The van der Waals surface area contributed by atoms with E-state index in [0.29, 0.717) is 6.54 Å². The van der Waals surface area contributed by atoms with Gasteiger partial charge in [0.2, 0.25) is 0 Å². The van der Waals surface area contributed by atoms with Crippen LogP contribution in [0.15, 0.2) is 24.3 Å². The lowest BCUT2D eigenvalue weighted by molar-refractivity contribution is -0.882. The molecule has 0 radical (unpaired) electrons. The monoisotopic (exact) mass is 407 g/mol. The Morgan fingerprint density at radius 1 is 1.25 bits per heavy atom. The number of ether oxygens (including phenoxy) is 1. The van der Waals surface area contributed by atoms with Crippen molar-refractivity contribution in [1.29, 1.82) is 0 Å². The number of alkyl carbamates (subject to hydrolysis) is 1. The molecular formula is C19H27N4O4S+. The molecular weight excluding hydrogens is 380 g/mol. The van der Waals surface area contributed by atoms with Crippen molar-refractivity contribution in [3.8, 4) is 0 Å². The van der Waals surface area contributed by atoms with Crippen LogP contribution in [0, 0.1) is 0 Å². The number of fused-ring (bicyclic) bond motifs is 1. The number of para-hydroxylation sites is 1. The van der Waals surface area contributed by atoms with Gasteiger partial charge in [-0.25, -0.2) is 9.78 Å². The molecule has 152 valence electrons. The van der Waals surface area contributed by atoms with Crippen LogP contribution in [0.1, 0.15) is 31.8 Å². The molecule has 0 aliphatic heterocycles. The van der Waals surface area contributed by atoms with Gasteiger partial charge in [0.1, 0.15) is 5.01 Å². The number of aromatic nitrogens is 1. The van der Waals surface area contributed by atoms with Crippen LogP contribution in [0.2, 0.25) is 0 Å². The summed E-state index contributed by atoms with van der Waals surface area (Å²) in [5, 5.41) is 3.03. The summed E-state index contributed by atoms with van der Waals surface area (Å²) in [6.07, 6.45) is -0.768. The van der Waals surface area contributed by atoms with Crippen LogP contribution < -0.4 is 10.2 Å². The van der Waals surface area contributed by atoms with E-state index in [1.807, 2.05) is 38.1 Å². The summed E-state index contributed by atoms with van der Waals surface area (Å²) in [4.78, 5) is 43.0. The van der Waals surface area contributed by atoms with Gasteiger partial charge in [-0.15, -0.1) is 11.3 Å². The van der Waals surface area contributed by atoms with Crippen LogP contribution in [0.3, 0.4) is 0 Å². The Morgan fingerprint density at radius 2 is 1.96 bits per heavy atom. The van der Waals surface area contributed by atoms with Gasteiger partial charge in [0.15, 0.2) is 13.1 Å². The Kier molecular flexibility index (Phi) is 7.89. The predicted octanol–water partition coefficient (Wildman–Crippen LogP) is 0.993. The molecule has 9 heteroatoms. The first-order valence-corrected chi connectivity index (χ1v) is 10.1. The van der Waals surface area contributed by atoms with Crippen molar-refractivity contribution in [2.45, 2.75) is 26.8 Å². The van der Waals surface area contributed by atoms with Crippen molar-refractivity contribution in [2.24, 2.45) is 0 Å². The molecule has 1 heterocycles. The highest BCUT2D eigenvalue weighted by molar-refractivity contribution is 7.18. The largest absolute Gasteiger partial charge is 0.450 e. The van der Waals surface area contributed by atoms with Crippen molar-refractivity contribution in [3.63, 3.8) is 0 Å². The van der Waals surface area contributed by atoms with E-state index in [1.54, 1.807) is 30.2 Å². The summed E-state index contributed by atoms with van der Waals surface area (Å²) < 4.78 is 5.78. The number of nitrogens with one attached hydrogen (secondary N) is 2. The van der Waals surface area contributed by atoms with E-state index in [9.17, 15) is 14.4 Å². The fourth-order valence-electron chi connectivity index (χ4n) is 2.65. The molecule has 0 saturated heterocycles. The molecule has 2 N–H and O–H groups in total. The zero-order valence-corrected chi connectivity index (χ0v) is 17.5. The highest BCUT2D eigenvalue weighted by atomic mass is 32.1. The number of quaternary nitrogens is 1. The van der Waals surface area contributed by atoms with Crippen molar-refractivity contribution >= 4 is 39.5 Å². The van der Waals surface area contributed by atoms with Crippen LogP contribution in [0.25, 0.3) is 10.2 Å². The summed E-state index contributed by atoms with van der Waals surface area (Å²) in [5.41, 5.74) is 0.923. The molecule has 1 aromatic heterocycles. The van der Waals surface area contributed by atoms with Gasteiger partial charge in [-0.1, -0.05) is 12.1 Å². The summed E-state index contributed by atoms with van der Waals surface area (Å²) in [5.74, 6) is -0.558. The minimum absolute atomic E-state index is 0.0183. The van der Waals surface area contributed by atoms with Crippen molar-refractivity contribution in [2.75, 3.05) is 33.3 Å². The van der Waals surface area contributed by atoms with Gasteiger partial charge in [-0.05, 0) is 32.9 Å². The second-order valence-electron chi connectivity index (χ2n) is 6.43. The molecule has 2 aromatic rings. The third-order valence-corrected chi connectivity index (χ3v) is 5.68. The second-order valence-corrected chi connectivity index (χ2v) is 7.49. The number of imide groups is 1. The minimum atomic E-state index is -0.768. The van der Waals surface area contributed by atoms with Crippen molar-refractivity contribution in [3.05, 3.63) is 29.3 Å². The molecule has 0 aliphatic carbocycles. The molecule has 2 atom stereocenters. The van der Waals surface area contributed by atoms with E-state index in [-0.39, 0.29) is 31.6 Å². The fourth-order valence-corrected chi connectivity index (χ4v) is 3.72. The van der Waals surface area contributed by atoms with Crippen molar-refractivity contribution < 1.29 is 24.0 Å². The average Bonchev–Trinajstić information content (AvgIpc) is 3.10. The lowest BCUT2D eigenvalue weighted by Crippen LogP contribution is -3.14. The molecule has 0 spiro atoms. The van der Waals surface area contributed by atoms with Gasteiger partial charge in [0.05, 0.1) is 29.4 Å². The first-order chi connectivity index (χ1) is 13.3. The number of thiazole rings is 1. The summed E-state index contributed by atoms with van der Waals surface area (Å²) in [7, 11) is 1.74. The van der Waals surface area contributed by atoms with Gasteiger partial charge in [0, 0.05) is 7.05 Å². The van der Waals surface area contributed by atoms with E-state index in [1.165, 1.54) is 0 Å². The highest BCUT2D eigenvalue weighted by Crippen LogP contribution is 2.28. The lowest BCUT2D eigenvalue weighted by Gasteiger charge is -2.25. The first-order valence-electron chi connectivity index (χ1n) is 9.27. The number of benzene rings is 1. The quantitative estimate of drug-likeness (QED) is 0.681. The molecule has 0 aliphatic rings. The summed E-state index contributed by atoms with van der Waals surface area (Å²) in [6.45, 7) is 6.42. The fraction of sp³-hybridized carbons (Fsp3) is 0.474. The summed E-state index contributed by atoms with van der Waals surface area (Å²) in [6, 6.07) is 7.70. The van der Waals surface area contributed by atoms with E-state index >= 15 is 0 Å². The number of amides is 3. The number of carbonyl (C=O) groups is 3. The number of carbonyl (C=O) groups excluding carboxylic acids is 3. The maximum absolute atomic E-state index is 12.7. The molecule has 0 bridgehead atoms. The number of rotatable bonds is 8. The molecule has 0 fully saturated rings. The third-order valence-electron chi connectivity index (χ3n) is 4.47. The Bertz CT molecular complexity index is 805. The number of nitrogens with zero attached hydrogens (tertiary/aromatic N) is 2. The predicted molar refractivity (Wildman–Crippen MR) is 107 cm³/mol. The molecule has 3 amide bonds. The van der Waals surface area contributed by atoms with Gasteiger partial charge >= 0.3 is 6.09 Å². The maximum atomic E-state index is 12.7. The van der Waals surface area contributed by atoms with Gasteiger partial charge in [0.25, 0.3) is 11.8 Å². The van der Waals surface area contributed by atoms with Gasteiger partial charge in [-0.2, -0.15) is 0 Å². The smallest absolute Gasteiger partial charge is 0.414 e. The normalized spacial score (nSPS) is 13.0. The first kappa shape index (κ1) is 21.8. The Balaban J connectivity index is 1.95.